The van der Waals surface area contributed by atoms with E-state index in [0.29, 0.717) is 12.1 Å². The lowest BCUT2D eigenvalue weighted by atomic mass is 10.0. The molecule has 1 heterocycles. The molecular weight excluding hydrogens is 232 g/mol. The van der Waals surface area contributed by atoms with Crippen molar-refractivity contribution in [1.82, 2.24) is 10.6 Å². The van der Waals surface area contributed by atoms with Crippen molar-refractivity contribution in [2.75, 3.05) is 13.1 Å². The summed E-state index contributed by atoms with van der Waals surface area (Å²) in [6.07, 6.45) is 3.76. The number of hydrogen-bond acceptors (Lipinski definition) is 2. The molecule has 1 aliphatic heterocycles. The maximum Gasteiger partial charge on any atom is 0.0406 e. The summed E-state index contributed by atoms with van der Waals surface area (Å²) in [6, 6.07) is 9.17. The highest BCUT2D eigenvalue weighted by Gasteiger charge is 2.14. The average Bonchev–Trinajstić information content (AvgIpc) is 2.58. The molecule has 1 aromatic carbocycles. The van der Waals surface area contributed by atoms with E-state index >= 15 is 0 Å². The van der Waals surface area contributed by atoms with Crippen molar-refractivity contribution in [2.24, 2.45) is 0 Å². The molecule has 2 atom stereocenters. The molecule has 17 heavy (non-hydrogen) atoms. The van der Waals surface area contributed by atoms with Crippen LogP contribution in [0.1, 0.15) is 37.8 Å². The maximum absolute atomic E-state index is 5.90. The molecule has 0 aromatic heterocycles. The van der Waals surface area contributed by atoms with E-state index in [9.17, 15) is 0 Å². The molecule has 1 fully saturated rings. The van der Waals surface area contributed by atoms with Gasteiger partial charge in [0.15, 0.2) is 0 Å². The number of rotatable bonds is 3. The Morgan fingerprint density at radius 1 is 1.24 bits per heavy atom. The second kappa shape index (κ2) is 6.39. The van der Waals surface area contributed by atoms with E-state index in [1.54, 1.807) is 0 Å². The molecule has 3 heteroatoms. The van der Waals surface area contributed by atoms with Crippen LogP contribution in [0.25, 0.3) is 0 Å². The highest BCUT2D eigenvalue weighted by Crippen LogP contribution is 2.18. The Hall–Kier alpha value is -0.570. The van der Waals surface area contributed by atoms with Crippen molar-refractivity contribution < 1.29 is 0 Å². The number of halogens is 1. The Balaban J connectivity index is 1.91. The van der Waals surface area contributed by atoms with Gasteiger partial charge in [-0.05, 0) is 57.0 Å². The zero-order valence-corrected chi connectivity index (χ0v) is 11.1. The highest BCUT2D eigenvalue weighted by atomic mass is 35.5. The van der Waals surface area contributed by atoms with Crippen LogP contribution >= 0.6 is 11.6 Å². The number of nitrogens with one attached hydrogen (secondary N) is 2. The van der Waals surface area contributed by atoms with Crippen molar-refractivity contribution in [3.05, 3.63) is 34.9 Å². The molecule has 0 bridgehead atoms. The van der Waals surface area contributed by atoms with Crippen molar-refractivity contribution in [2.45, 2.75) is 38.3 Å². The second-order valence-electron chi connectivity index (χ2n) is 4.82. The SMILES string of the molecule is C[C@@H](NC1CCCNCC1)c1ccc(Cl)cc1. The lowest BCUT2D eigenvalue weighted by Crippen LogP contribution is -2.32. The molecule has 1 saturated heterocycles. The zero-order valence-electron chi connectivity index (χ0n) is 10.4. The average molecular weight is 253 g/mol. The van der Waals surface area contributed by atoms with Crippen molar-refractivity contribution >= 4 is 11.6 Å². The summed E-state index contributed by atoms with van der Waals surface area (Å²) in [7, 11) is 0. The molecule has 0 saturated carbocycles. The van der Waals surface area contributed by atoms with Crippen molar-refractivity contribution in [3.63, 3.8) is 0 Å². The molecule has 1 unspecified atom stereocenters. The van der Waals surface area contributed by atoms with Crippen LogP contribution in [0.15, 0.2) is 24.3 Å². The van der Waals surface area contributed by atoms with Gasteiger partial charge in [-0.15, -0.1) is 0 Å². The zero-order chi connectivity index (χ0) is 12.1. The first-order valence-electron chi connectivity index (χ1n) is 6.48. The monoisotopic (exact) mass is 252 g/mol. The fourth-order valence-corrected chi connectivity index (χ4v) is 2.51. The Kier molecular flexibility index (Phi) is 4.84. The van der Waals surface area contributed by atoms with E-state index in [1.807, 2.05) is 12.1 Å². The summed E-state index contributed by atoms with van der Waals surface area (Å²) in [4.78, 5) is 0. The van der Waals surface area contributed by atoms with E-state index in [-0.39, 0.29) is 0 Å². The Bertz CT molecular complexity index is 329. The van der Waals surface area contributed by atoms with Crippen LogP contribution in [0.2, 0.25) is 5.02 Å². The standard InChI is InChI=1S/C14H21ClN2/c1-11(12-4-6-13(15)7-5-12)17-14-3-2-9-16-10-8-14/h4-7,11,14,16-17H,2-3,8-10H2,1H3/t11-,14?/m1/s1. The second-order valence-corrected chi connectivity index (χ2v) is 5.25. The predicted octanol–water partition coefficient (Wildman–Crippen LogP) is 3.13. The normalized spacial score (nSPS) is 23.1. The third-order valence-electron chi connectivity index (χ3n) is 3.43. The molecule has 2 rings (SSSR count). The number of hydrogen-bond donors (Lipinski definition) is 2. The molecule has 1 aromatic rings. The molecule has 2 nitrogen and oxygen atoms in total. The summed E-state index contributed by atoms with van der Waals surface area (Å²) < 4.78 is 0. The minimum absolute atomic E-state index is 0.398. The van der Waals surface area contributed by atoms with Gasteiger partial charge in [0.05, 0.1) is 0 Å². The van der Waals surface area contributed by atoms with Gasteiger partial charge < -0.3 is 10.6 Å². The van der Waals surface area contributed by atoms with Crippen LogP contribution in [0, 0.1) is 0 Å². The van der Waals surface area contributed by atoms with Crippen LogP contribution in [-0.4, -0.2) is 19.1 Å². The molecule has 0 radical (unpaired) electrons. The van der Waals surface area contributed by atoms with E-state index in [1.165, 1.54) is 24.8 Å². The van der Waals surface area contributed by atoms with Gasteiger partial charge in [0.1, 0.15) is 0 Å². The maximum atomic E-state index is 5.90. The first kappa shape index (κ1) is 12.9. The predicted molar refractivity (Wildman–Crippen MR) is 73.5 cm³/mol. The third-order valence-corrected chi connectivity index (χ3v) is 3.68. The summed E-state index contributed by atoms with van der Waals surface area (Å²) in [5.41, 5.74) is 1.31. The quantitative estimate of drug-likeness (QED) is 0.864. The Morgan fingerprint density at radius 3 is 2.76 bits per heavy atom. The molecule has 2 N–H and O–H groups in total. The Morgan fingerprint density at radius 2 is 2.00 bits per heavy atom. The van der Waals surface area contributed by atoms with Gasteiger partial charge in [-0.25, -0.2) is 0 Å². The van der Waals surface area contributed by atoms with Crippen LogP contribution in [0.4, 0.5) is 0 Å². The van der Waals surface area contributed by atoms with Gasteiger partial charge in [-0.1, -0.05) is 23.7 Å². The minimum atomic E-state index is 0.398. The summed E-state index contributed by atoms with van der Waals surface area (Å²) >= 11 is 5.90. The summed E-state index contributed by atoms with van der Waals surface area (Å²) in [5.74, 6) is 0. The molecule has 1 aliphatic rings. The van der Waals surface area contributed by atoms with Crippen LogP contribution in [0.3, 0.4) is 0 Å². The minimum Gasteiger partial charge on any atom is -0.317 e. The molecule has 0 spiro atoms. The first-order chi connectivity index (χ1) is 8.25. The van der Waals surface area contributed by atoms with Gasteiger partial charge in [0, 0.05) is 17.1 Å². The van der Waals surface area contributed by atoms with Gasteiger partial charge in [0.25, 0.3) is 0 Å². The summed E-state index contributed by atoms with van der Waals surface area (Å²) in [5, 5.41) is 7.96. The van der Waals surface area contributed by atoms with Gasteiger partial charge in [-0.3, -0.25) is 0 Å². The topological polar surface area (TPSA) is 24.1 Å². The molecule has 94 valence electrons. The molecule has 0 amide bonds. The lowest BCUT2D eigenvalue weighted by molar-refractivity contribution is 0.421. The highest BCUT2D eigenvalue weighted by molar-refractivity contribution is 6.30. The van der Waals surface area contributed by atoms with Gasteiger partial charge in [-0.2, -0.15) is 0 Å². The third kappa shape index (κ3) is 3.98. The lowest BCUT2D eigenvalue weighted by Gasteiger charge is -2.22. The van der Waals surface area contributed by atoms with E-state index in [4.69, 9.17) is 11.6 Å². The fourth-order valence-electron chi connectivity index (χ4n) is 2.39. The van der Waals surface area contributed by atoms with E-state index < -0.39 is 0 Å². The van der Waals surface area contributed by atoms with E-state index in [0.717, 1.165) is 18.1 Å². The van der Waals surface area contributed by atoms with Gasteiger partial charge in [0.2, 0.25) is 0 Å². The fraction of sp³-hybridized carbons (Fsp3) is 0.571. The van der Waals surface area contributed by atoms with Gasteiger partial charge >= 0.3 is 0 Å². The van der Waals surface area contributed by atoms with Crippen molar-refractivity contribution in [1.29, 1.82) is 0 Å². The van der Waals surface area contributed by atoms with Crippen molar-refractivity contribution in [3.8, 4) is 0 Å². The Labute approximate surface area is 109 Å². The number of benzene rings is 1. The summed E-state index contributed by atoms with van der Waals surface area (Å²) in [6.45, 7) is 4.51. The molecular formula is C14H21ClN2. The van der Waals surface area contributed by atoms with Crippen LogP contribution in [0.5, 0.6) is 0 Å². The van der Waals surface area contributed by atoms with Crippen LogP contribution in [-0.2, 0) is 0 Å². The first-order valence-corrected chi connectivity index (χ1v) is 6.86. The van der Waals surface area contributed by atoms with Crippen LogP contribution < -0.4 is 10.6 Å². The smallest absolute Gasteiger partial charge is 0.0406 e. The van der Waals surface area contributed by atoms with E-state index in [2.05, 4.69) is 29.7 Å². The molecule has 0 aliphatic carbocycles. The largest absolute Gasteiger partial charge is 0.317 e.